The molecular weight excluding hydrogens is 497 g/mol. The summed E-state index contributed by atoms with van der Waals surface area (Å²) in [5.74, 6) is 0.713. The molecule has 0 spiro atoms. The Bertz CT molecular complexity index is 878. The molecule has 148 valence electrons. The summed E-state index contributed by atoms with van der Waals surface area (Å²) in [5, 5.41) is 2.42. The van der Waals surface area contributed by atoms with Crippen molar-refractivity contribution in [2.45, 2.75) is 0 Å². The number of carbonyl (C=O) groups excluding carboxylic acids is 2. The molecule has 10 heteroatoms. The van der Waals surface area contributed by atoms with Crippen molar-refractivity contribution < 1.29 is 23.8 Å². The number of para-hydroxylation sites is 2. The summed E-state index contributed by atoms with van der Waals surface area (Å²) in [5.41, 5.74) is 5.19. The molecule has 0 aliphatic rings. The maximum atomic E-state index is 12.2. The molecule has 0 radical (unpaired) electrons. The van der Waals surface area contributed by atoms with Gasteiger partial charge in [0.15, 0.2) is 23.2 Å². The Morgan fingerprint density at radius 1 is 1.00 bits per heavy atom. The minimum absolute atomic E-state index is 0.0542. The van der Waals surface area contributed by atoms with Crippen molar-refractivity contribution >= 4 is 51.7 Å². The second kappa shape index (κ2) is 10.7. The Labute approximate surface area is 181 Å². The van der Waals surface area contributed by atoms with Gasteiger partial charge in [0, 0.05) is 5.56 Å². The molecule has 0 aromatic heterocycles. The third kappa shape index (κ3) is 6.23. The fourth-order valence-corrected chi connectivity index (χ4v) is 2.94. The third-order valence-electron chi connectivity index (χ3n) is 3.38. The fraction of sp³-hybridized carbons (Fsp3) is 0.167. The first kappa shape index (κ1) is 21.7. The number of nitrogens with one attached hydrogen (secondary N) is 3. The highest BCUT2D eigenvalue weighted by Gasteiger charge is 2.11. The van der Waals surface area contributed by atoms with E-state index in [1.54, 1.807) is 49.6 Å². The number of hydrogen-bond donors (Lipinski definition) is 3. The van der Waals surface area contributed by atoms with Crippen molar-refractivity contribution in [3.05, 3.63) is 51.6 Å². The van der Waals surface area contributed by atoms with E-state index in [-0.39, 0.29) is 11.7 Å². The Morgan fingerprint density at radius 2 is 1.68 bits per heavy atom. The lowest BCUT2D eigenvalue weighted by atomic mass is 10.2. The molecule has 3 N–H and O–H groups in total. The predicted molar refractivity (Wildman–Crippen MR) is 116 cm³/mol. The van der Waals surface area contributed by atoms with Crippen LogP contribution in [0.5, 0.6) is 17.2 Å². The van der Waals surface area contributed by atoms with Gasteiger partial charge in [-0.05, 0) is 65.1 Å². The van der Waals surface area contributed by atoms with E-state index in [9.17, 15) is 9.59 Å². The zero-order valence-corrected chi connectivity index (χ0v) is 18.1. The number of rotatable bonds is 6. The molecule has 0 aliphatic carbocycles. The van der Waals surface area contributed by atoms with Crippen molar-refractivity contribution in [3.8, 4) is 17.2 Å². The van der Waals surface area contributed by atoms with Crippen molar-refractivity contribution in [2.24, 2.45) is 0 Å². The standard InChI is InChI=1S/C18H18IN3O5S/c1-25-13-8-7-11(9-12(13)19)17(24)20-18(28)22-21-16(23)10-27-15-6-4-3-5-14(15)26-2/h3-9H,10H2,1-2H3,(H,21,23)(H2,20,22,24,28). The van der Waals surface area contributed by atoms with Gasteiger partial charge in [-0.15, -0.1) is 0 Å². The summed E-state index contributed by atoms with van der Waals surface area (Å²) in [6, 6.07) is 11.9. The summed E-state index contributed by atoms with van der Waals surface area (Å²) >= 11 is 7.07. The highest BCUT2D eigenvalue weighted by molar-refractivity contribution is 14.1. The number of ether oxygens (including phenoxy) is 3. The van der Waals surface area contributed by atoms with Crippen LogP contribution in [-0.4, -0.2) is 37.8 Å². The van der Waals surface area contributed by atoms with E-state index < -0.39 is 11.8 Å². The summed E-state index contributed by atoms with van der Waals surface area (Å²) in [6.07, 6.45) is 0. The van der Waals surface area contributed by atoms with Crippen molar-refractivity contribution in [3.63, 3.8) is 0 Å². The first-order valence-electron chi connectivity index (χ1n) is 7.94. The van der Waals surface area contributed by atoms with E-state index in [0.717, 1.165) is 3.57 Å². The fourth-order valence-electron chi connectivity index (χ4n) is 2.06. The van der Waals surface area contributed by atoms with Crippen LogP contribution in [0.4, 0.5) is 0 Å². The van der Waals surface area contributed by atoms with Crippen LogP contribution >= 0.6 is 34.8 Å². The minimum atomic E-state index is -0.485. The average Bonchev–Trinajstić information content (AvgIpc) is 2.70. The van der Waals surface area contributed by atoms with Gasteiger partial charge in [-0.2, -0.15) is 0 Å². The lowest BCUT2D eigenvalue weighted by Crippen LogP contribution is -2.49. The lowest BCUT2D eigenvalue weighted by molar-refractivity contribution is -0.123. The number of methoxy groups -OCH3 is 2. The molecular formula is C18H18IN3O5S. The number of hydrazine groups is 1. The molecule has 2 aromatic rings. The summed E-state index contributed by atoms with van der Waals surface area (Å²) in [7, 11) is 3.06. The summed E-state index contributed by atoms with van der Waals surface area (Å²) < 4.78 is 16.5. The summed E-state index contributed by atoms with van der Waals surface area (Å²) in [4.78, 5) is 24.1. The molecule has 0 bridgehead atoms. The molecule has 2 rings (SSSR count). The van der Waals surface area contributed by atoms with Crippen LogP contribution in [0.2, 0.25) is 0 Å². The minimum Gasteiger partial charge on any atom is -0.496 e. The molecule has 2 amide bonds. The van der Waals surface area contributed by atoms with Gasteiger partial charge < -0.3 is 14.2 Å². The lowest BCUT2D eigenvalue weighted by Gasteiger charge is -2.13. The van der Waals surface area contributed by atoms with E-state index in [1.807, 2.05) is 0 Å². The molecule has 0 unspecified atom stereocenters. The maximum absolute atomic E-state index is 12.2. The Morgan fingerprint density at radius 3 is 2.32 bits per heavy atom. The number of amides is 2. The predicted octanol–water partition coefficient (Wildman–Crippen LogP) is 2.02. The van der Waals surface area contributed by atoms with E-state index in [4.69, 9.17) is 26.4 Å². The number of thiocarbonyl (C=S) groups is 1. The van der Waals surface area contributed by atoms with Gasteiger partial charge in [-0.25, -0.2) is 0 Å². The molecule has 28 heavy (non-hydrogen) atoms. The monoisotopic (exact) mass is 515 g/mol. The number of halogens is 1. The van der Waals surface area contributed by atoms with Crippen LogP contribution in [0.1, 0.15) is 10.4 Å². The second-order valence-corrected chi connectivity index (χ2v) is 6.82. The largest absolute Gasteiger partial charge is 0.496 e. The van der Waals surface area contributed by atoms with Crippen LogP contribution in [0.25, 0.3) is 0 Å². The third-order valence-corrected chi connectivity index (χ3v) is 4.43. The molecule has 0 heterocycles. The SMILES string of the molecule is COc1ccc(C(=O)NC(=S)NNC(=O)COc2ccccc2OC)cc1I. The molecule has 0 fully saturated rings. The van der Waals surface area contributed by atoms with Gasteiger partial charge in [0.05, 0.1) is 17.8 Å². The molecule has 2 aromatic carbocycles. The molecule has 0 saturated carbocycles. The number of hydrogen-bond acceptors (Lipinski definition) is 6. The Balaban J connectivity index is 1.79. The van der Waals surface area contributed by atoms with Gasteiger partial charge in [-0.3, -0.25) is 25.8 Å². The summed E-state index contributed by atoms with van der Waals surface area (Å²) in [6.45, 7) is -0.263. The Hall–Kier alpha value is -2.60. The topological polar surface area (TPSA) is 97.9 Å². The molecule has 0 saturated heterocycles. The Kier molecular flexibility index (Phi) is 8.26. The van der Waals surface area contributed by atoms with Crippen LogP contribution in [-0.2, 0) is 4.79 Å². The van der Waals surface area contributed by atoms with Crippen LogP contribution in [0.15, 0.2) is 42.5 Å². The van der Waals surface area contributed by atoms with Gasteiger partial charge in [-0.1, -0.05) is 12.1 Å². The van der Waals surface area contributed by atoms with E-state index in [1.165, 1.54) is 7.11 Å². The zero-order valence-electron chi connectivity index (χ0n) is 15.1. The first-order chi connectivity index (χ1) is 13.4. The quantitative estimate of drug-likeness (QED) is 0.308. The highest BCUT2D eigenvalue weighted by Crippen LogP contribution is 2.25. The van der Waals surface area contributed by atoms with Crippen LogP contribution in [0, 0.1) is 3.57 Å². The molecule has 8 nitrogen and oxygen atoms in total. The normalized spacial score (nSPS) is 9.82. The average molecular weight is 515 g/mol. The van der Waals surface area contributed by atoms with Gasteiger partial charge >= 0.3 is 0 Å². The van der Waals surface area contributed by atoms with Gasteiger partial charge in [0.25, 0.3) is 11.8 Å². The van der Waals surface area contributed by atoms with Gasteiger partial charge in [0.2, 0.25) is 0 Å². The zero-order chi connectivity index (χ0) is 20.5. The van der Waals surface area contributed by atoms with Crippen LogP contribution < -0.4 is 30.4 Å². The number of benzene rings is 2. The smallest absolute Gasteiger partial charge is 0.276 e. The van der Waals surface area contributed by atoms with E-state index in [2.05, 4.69) is 38.8 Å². The van der Waals surface area contributed by atoms with Crippen molar-refractivity contribution in [2.75, 3.05) is 20.8 Å². The van der Waals surface area contributed by atoms with Gasteiger partial charge in [0.1, 0.15) is 5.75 Å². The molecule has 0 atom stereocenters. The van der Waals surface area contributed by atoms with E-state index >= 15 is 0 Å². The van der Waals surface area contributed by atoms with Crippen molar-refractivity contribution in [1.82, 2.24) is 16.2 Å². The second-order valence-electron chi connectivity index (χ2n) is 5.25. The molecule has 0 aliphatic heterocycles. The highest BCUT2D eigenvalue weighted by atomic mass is 127. The maximum Gasteiger partial charge on any atom is 0.276 e. The first-order valence-corrected chi connectivity index (χ1v) is 9.42. The number of carbonyl (C=O) groups is 2. The van der Waals surface area contributed by atoms with Crippen molar-refractivity contribution in [1.29, 1.82) is 0 Å². The van der Waals surface area contributed by atoms with Crippen LogP contribution in [0.3, 0.4) is 0 Å². The van der Waals surface area contributed by atoms with E-state index in [0.29, 0.717) is 22.8 Å².